The van der Waals surface area contributed by atoms with Gasteiger partial charge in [-0.25, -0.2) is 0 Å². The van der Waals surface area contributed by atoms with Crippen molar-refractivity contribution in [2.24, 2.45) is 0 Å². The molecule has 0 bridgehead atoms. The molecule has 0 N–H and O–H groups in total. The zero-order chi connectivity index (χ0) is 23.3. The smallest absolute Gasteiger partial charge is 0.247 e. The van der Waals surface area contributed by atoms with Crippen molar-refractivity contribution in [3.05, 3.63) is 88.1 Å². The Morgan fingerprint density at radius 3 is 2.56 bits per heavy atom. The van der Waals surface area contributed by atoms with Gasteiger partial charge in [-0.2, -0.15) is 0 Å². The molecule has 7 heteroatoms. The second-order valence-electron chi connectivity index (χ2n) is 8.46. The third kappa shape index (κ3) is 5.48. The summed E-state index contributed by atoms with van der Waals surface area (Å²) in [4.78, 5) is 31.1. The number of rotatable bonds is 9. The molecule has 34 heavy (non-hydrogen) atoms. The predicted octanol–water partition coefficient (Wildman–Crippen LogP) is 4.71. The highest BCUT2D eigenvalue weighted by Gasteiger charge is 2.34. The lowest BCUT2D eigenvalue weighted by molar-refractivity contribution is -0.139. The zero-order valence-corrected chi connectivity index (χ0v) is 19.6. The Morgan fingerprint density at radius 2 is 1.79 bits per heavy atom. The number of carbonyl (C=O) groups is 2. The molecule has 0 radical (unpaired) electrons. The van der Waals surface area contributed by atoms with Gasteiger partial charge in [0.1, 0.15) is 6.54 Å². The summed E-state index contributed by atoms with van der Waals surface area (Å²) in [5, 5.41) is 2.01. The molecule has 6 nitrogen and oxygen atoms in total. The maximum Gasteiger partial charge on any atom is 0.247 e. The van der Waals surface area contributed by atoms with Crippen molar-refractivity contribution in [1.29, 1.82) is 0 Å². The van der Waals surface area contributed by atoms with Gasteiger partial charge in [-0.1, -0.05) is 42.5 Å². The van der Waals surface area contributed by atoms with E-state index in [0.29, 0.717) is 18.8 Å². The molecule has 174 valence electrons. The van der Waals surface area contributed by atoms with Gasteiger partial charge >= 0.3 is 0 Å². The highest BCUT2D eigenvalue weighted by molar-refractivity contribution is 7.09. The Kier molecular flexibility index (Phi) is 6.62. The molecule has 1 saturated carbocycles. The first kappa shape index (κ1) is 22.2. The molecule has 0 saturated heterocycles. The van der Waals surface area contributed by atoms with Gasteiger partial charge < -0.3 is 19.3 Å². The van der Waals surface area contributed by atoms with E-state index in [1.54, 1.807) is 28.4 Å². The molecule has 0 spiro atoms. The summed E-state index contributed by atoms with van der Waals surface area (Å²) in [7, 11) is 0. The number of nitrogens with zero attached hydrogens (tertiary/aromatic N) is 2. The molecule has 1 aliphatic heterocycles. The summed E-state index contributed by atoms with van der Waals surface area (Å²) in [6, 6.07) is 19.6. The fourth-order valence-electron chi connectivity index (χ4n) is 3.93. The van der Waals surface area contributed by atoms with Gasteiger partial charge in [0, 0.05) is 23.5 Å². The summed E-state index contributed by atoms with van der Waals surface area (Å²) in [5.74, 6) is 1.22. The minimum Gasteiger partial charge on any atom is -0.454 e. The van der Waals surface area contributed by atoms with E-state index in [-0.39, 0.29) is 31.2 Å². The van der Waals surface area contributed by atoms with Crippen molar-refractivity contribution in [1.82, 2.24) is 9.80 Å². The molecule has 2 aliphatic rings. The van der Waals surface area contributed by atoms with Gasteiger partial charge in [-0.3, -0.25) is 9.59 Å². The van der Waals surface area contributed by atoms with E-state index in [2.05, 4.69) is 0 Å². The third-order valence-electron chi connectivity index (χ3n) is 5.88. The molecule has 2 amide bonds. The first-order valence-corrected chi connectivity index (χ1v) is 12.3. The van der Waals surface area contributed by atoms with Crippen LogP contribution in [0, 0.1) is 0 Å². The first-order chi connectivity index (χ1) is 16.7. The van der Waals surface area contributed by atoms with Gasteiger partial charge in [-0.05, 0) is 53.6 Å². The van der Waals surface area contributed by atoms with Crippen molar-refractivity contribution in [3.63, 3.8) is 0 Å². The number of ether oxygens (including phenoxy) is 2. The summed E-state index contributed by atoms with van der Waals surface area (Å²) in [5.41, 5.74) is 1.92. The number of thiophene rings is 1. The monoisotopic (exact) mass is 474 g/mol. The number of hydrogen-bond donors (Lipinski definition) is 0. The van der Waals surface area contributed by atoms with Crippen LogP contribution in [0.3, 0.4) is 0 Å². The Bertz CT molecular complexity index is 1170. The molecule has 0 unspecified atom stereocenters. The predicted molar refractivity (Wildman–Crippen MR) is 131 cm³/mol. The number of hydrogen-bond acceptors (Lipinski definition) is 5. The van der Waals surface area contributed by atoms with Crippen LogP contribution in [0.25, 0.3) is 6.08 Å². The fourth-order valence-corrected chi connectivity index (χ4v) is 4.65. The van der Waals surface area contributed by atoms with E-state index in [9.17, 15) is 9.59 Å². The van der Waals surface area contributed by atoms with Crippen LogP contribution in [-0.4, -0.2) is 41.0 Å². The van der Waals surface area contributed by atoms with Gasteiger partial charge in [0.05, 0.1) is 6.54 Å². The normalized spacial score (nSPS) is 14.4. The maximum atomic E-state index is 13.5. The second kappa shape index (κ2) is 10.1. The maximum absolute atomic E-state index is 13.5. The van der Waals surface area contributed by atoms with Crippen LogP contribution in [0.5, 0.6) is 11.5 Å². The van der Waals surface area contributed by atoms with E-state index in [4.69, 9.17) is 9.47 Å². The molecule has 1 aromatic heterocycles. The highest BCUT2D eigenvalue weighted by atomic mass is 32.1. The molecule has 1 aliphatic carbocycles. The average Bonchev–Trinajstić information content (AvgIpc) is 3.35. The van der Waals surface area contributed by atoms with Crippen molar-refractivity contribution in [3.8, 4) is 11.5 Å². The Labute approximate surface area is 203 Å². The fraction of sp³-hybridized carbons (Fsp3) is 0.259. The molecule has 3 aromatic rings. The topological polar surface area (TPSA) is 59.1 Å². The lowest BCUT2D eigenvalue weighted by atomic mass is 10.2. The van der Waals surface area contributed by atoms with Crippen LogP contribution >= 0.6 is 11.3 Å². The van der Waals surface area contributed by atoms with E-state index in [1.807, 2.05) is 70.9 Å². The molecule has 0 atom stereocenters. The van der Waals surface area contributed by atoms with Crippen molar-refractivity contribution >= 4 is 29.2 Å². The molecule has 2 heterocycles. The molecule has 1 fully saturated rings. The molecule has 2 aromatic carbocycles. The van der Waals surface area contributed by atoms with E-state index in [0.717, 1.165) is 34.6 Å². The Morgan fingerprint density at radius 1 is 0.971 bits per heavy atom. The summed E-state index contributed by atoms with van der Waals surface area (Å²) in [6.07, 6.45) is 5.25. The largest absolute Gasteiger partial charge is 0.454 e. The van der Waals surface area contributed by atoms with Crippen LogP contribution in [0.1, 0.15) is 28.8 Å². The SMILES string of the molecule is O=C(CN(C(=O)/C=C/c1ccccc1)C1CC1)N(Cc1ccc2c(c1)OCO2)Cc1cccs1. The Balaban J connectivity index is 1.31. The van der Waals surface area contributed by atoms with Crippen LogP contribution in [0.15, 0.2) is 72.1 Å². The second-order valence-corrected chi connectivity index (χ2v) is 9.49. The number of amides is 2. The van der Waals surface area contributed by atoms with Crippen LogP contribution < -0.4 is 9.47 Å². The summed E-state index contributed by atoms with van der Waals surface area (Å²) in [6.45, 7) is 1.21. The lowest BCUT2D eigenvalue weighted by Gasteiger charge is -2.27. The zero-order valence-electron chi connectivity index (χ0n) is 18.8. The third-order valence-corrected chi connectivity index (χ3v) is 6.75. The lowest BCUT2D eigenvalue weighted by Crippen LogP contribution is -2.43. The first-order valence-electron chi connectivity index (χ1n) is 11.4. The number of fused-ring (bicyclic) bond motifs is 1. The quantitative estimate of drug-likeness (QED) is 0.422. The average molecular weight is 475 g/mol. The number of carbonyl (C=O) groups excluding carboxylic acids is 2. The Hall–Kier alpha value is -3.58. The van der Waals surface area contributed by atoms with E-state index < -0.39 is 0 Å². The standard InChI is InChI=1S/C27H26N2O4S/c30-26(13-9-20-5-2-1-3-6-20)29(22-10-11-22)18-27(31)28(17-23-7-4-14-34-23)16-21-8-12-24-25(15-21)33-19-32-24/h1-9,12-15,22H,10-11,16-19H2/b13-9+. The van der Waals surface area contributed by atoms with Gasteiger partial charge in [0.15, 0.2) is 11.5 Å². The van der Waals surface area contributed by atoms with Crippen LogP contribution in [0.2, 0.25) is 0 Å². The molecular formula is C27H26N2O4S. The van der Waals surface area contributed by atoms with Gasteiger partial charge in [0.25, 0.3) is 0 Å². The molecule has 5 rings (SSSR count). The molecular weight excluding hydrogens is 448 g/mol. The number of benzene rings is 2. The summed E-state index contributed by atoms with van der Waals surface area (Å²) >= 11 is 1.62. The van der Waals surface area contributed by atoms with E-state index in [1.165, 1.54) is 0 Å². The van der Waals surface area contributed by atoms with Crippen molar-refractivity contribution < 1.29 is 19.1 Å². The van der Waals surface area contributed by atoms with E-state index >= 15 is 0 Å². The van der Waals surface area contributed by atoms with Crippen molar-refractivity contribution in [2.75, 3.05) is 13.3 Å². The van der Waals surface area contributed by atoms with Gasteiger partial charge in [-0.15, -0.1) is 11.3 Å². The minimum atomic E-state index is -0.126. The summed E-state index contributed by atoms with van der Waals surface area (Å²) < 4.78 is 10.9. The minimum absolute atomic E-state index is 0.0680. The highest BCUT2D eigenvalue weighted by Crippen LogP contribution is 2.33. The van der Waals surface area contributed by atoms with Crippen LogP contribution in [-0.2, 0) is 22.7 Å². The van der Waals surface area contributed by atoms with Gasteiger partial charge in [0.2, 0.25) is 18.6 Å². The van der Waals surface area contributed by atoms with Crippen molar-refractivity contribution in [2.45, 2.75) is 32.0 Å². The van der Waals surface area contributed by atoms with Crippen LogP contribution in [0.4, 0.5) is 0 Å².